The van der Waals surface area contributed by atoms with Crippen molar-refractivity contribution in [3.05, 3.63) is 41.5 Å². The average molecular weight is 230 g/mol. The molecule has 1 fully saturated rings. The molecule has 0 radical (unpaired) electrons. The van der Waals surface area contributed by atoms with Gasteiger partial charge in [0, 0.05) is 5.92 Å². The van der Waals surface area contributed by atoms with Crippen molar-refractivity contribution in [1.82, 2.24) is 10.1 Å². The number of benzene rings is 1. The number of aromatic nitrogens is 2. The smallest absolute Gasteiger partial charge is 0.229 e. The van der Waals surface area contributed by atoms with Crippen LogP contribution >= 0.6 is 0 Å². The summed E-state index contributed by atoms with van der Waals surface area (Å²) < 4.78 is 10.8. The van der Waals surface area contributed by atoms with Crippen LogP contribution in [0.1, 0.15) is 36.0 Å². The molecule has 88 valence electrons. The Hall–Kier alpha value is -1.84. The Morgan fingerprint density at radius 2 is 2.29 bits per heavy atom. The van der Waals surface area contributed by atoms with Crippen LogP contribution in [-0.4, -0.2) is 10.1 Å². The minimum atomic E-state index is 0.361. The molecule has 0 amide bonds. The predicted octanol–water partition coefficient (Wildman–Crippen LogP) is 2.83. The SMILES string of the molecule is Cc1cccc(OCc2noc(C3CC3)n2)c1. The second-order valence-electron chi connectivity index (χ2n) is 4.43. The van der Waals surface area contributed by atoms with E-state index < -0.39 is 0 Å². The highest BCUT2D eigenvalue weighted by molar-refractivity contribution is 5.27. The molecule has 2 aromatic rings. The lowest BCUT2D eigenvalue weighted by Gasteiger charge is -2.03. The molecule has 0 spiro atoms. The molecule has 4 heteroatoms. The molecular weight excluding hydrogens is 216 g/mol. The van der Waals surface area contributed by atoms with Crippen molar-refractivity contribution in [3.8, 4) is 5.75 Å². The van der Waals surface area contributed by atoms with Crippen LogP contribution in [0.25, 0.3) is 0 Å². The Morgan fingerprint density at radius 1 is 1.41 bits per heavy atom. The number of hydrogen-bond acceptors (Lipinski definition) is 4. The largest absolute Gasteiger partial charge is 0.485 e. The van der Waals surface area contributed by atoms with Gasteiger partial charge in [-0.1, -0.05) is 17.3 Å². The van der Waals surface area contributed by atoms with Crippen molar-refractivity contribution in [2.45, 2.75) is 32.3 Å². The lowest BCUT2D eigenvalue weighted by atomic mass is 10.2. The molecule has 0 aliphatic heterocycles. The molecule has 0 N–H and O–H groups in total. The van der Waals surface area contributed by atoms with Crippen molar-refractivity contribution in [2.24, 2.45) is 0 Å². The molecular formula is C13H14N2O2. The summed E-state index contributed by atoms with van der Waals surface area (Å²) in [5, 5.41) is 3.90. The number of hydrogen-bond donors (Lipinski definition) is 0. The summed E-state index contributed by atoms with van der Waals surface area (Å²) in [7, 11) is 0. The maximum atomic E-state index is 5.60. The van der Waals surface area contributed by atoms with E-state index in [4.69, 9.17) is 9.26 Å². The van der Waals surface area contributed by atoms with Crippen LogP contribution in [0.4, 0.5) is 0 Å². The molecule has 1 saturated carbocycles. The highest BCUT2D eigenvalue weighted by atomic mass is 16.5. The number of ether oxygens (including phenoxy) is 1. The minimum Gasteiger partial charge on any atom is -0.485 e. The first-order chi connectivity index (χ1) is 8.31. The molecule has 3 rings (SSSR count). The van der Waals surface area contributed by atoms with Gasteiger partial charge in [0.25, 0.3) is 0 Å². The van der Waals surface area contributed by atoms with Gasteiger partial charge in [0.05, 0.1) is 0 Å². The van der Waals surface area contributed by atoms with Crippen LogP contribution in [0.2, 0.25) is 0 Å². The highest BCUT2D eigenvalue weighted by Crippen LogP contribution is 2.38. The van der Waals surface area contributed by atoms with E-state index in [9.17, 15) is 0 Å². The quantitative estimate of drug-likeness (QED) is 0.810. The van der Waals surface area contributed by atoms with Gasteiger partial charge in [-0.05, 0) is 37.5 Å². The molecule has 1 aliphatic carbocycles. The molecule has 0 unspecified atom stereocenters. The van der Waals surface area contributed by atoms with Crippen LogP contribution in [0.15, 0.2) is 28.8 Å². The molecule has 0 saturated heterocycles. The van der Waals surface area contributed by atoms with Gasteiger partial charge < -0.3 is 9.26 Å². The van der Waals surface area contributed by atoms with E-state index >= 15 is 0 Å². The molecule has 1 aliphatic rings. The normalized spacial score (nSPS) is 14.9. The Balaban J connectivity index is 1.62. The lowest BCUT2D eigenvalue weighted by molar-refractivity contribution is 0.285. The number of rotatable bonds is 4. The summed E-state index contributed by atoms with van der Waals surface area (Å²) in [6.45, 7) is 2.39. The zero-order valence-electron chi connectivity index (χ0n) is 9.72. The number of nitrogens with zero attached hydrogens (tertiary/aromatic N) is 2. The van der Waals surface area contributed by atoms with Gasteiger partial charge in [-0.15, -0.1) is 0 Å². The first-order valence-corrected chi connectivity index (χ1v) is 5.83. The van der Waals surface area contributed by atoms with Gasteiger partial charge in [-0.25, -0.2) is 0 Å². The minimum absolute atomic E-state index is 0.361. The van der Waals surface area contributed by atoms with E-state index in [2.05, 4.69) is 10.1 Å². The molecule has 0 atom stereocenters. The zero-order valence-corrected chi connectivity index (χ0v) is 9.72. The van der Waals surface area contributed by atoms with E-state index in [-0.39, 0.29) is 0 Å². The lowest BCUT2D eigenvalue weighted by Crippen LogP contribution is -1.97. The van der Waals surface area contributed by atoms with Crippen molar-refractivity contribution in [3.63, 3.8) is 0 Å². The van der Waals surface area contributed by atoms with Gasteiger partial charge in [-0.3, -0.25) is 0 Å². The molecule has 1 heterocycles. The van der Waals surface area contributed by atoms with Crippen LogP contribution < -0.4 is 4.74 Å². The van der Waals surface area contributed by atoms with E-state index in [0.29, 0.717) is 18.3 Å². The maximum Gasteiger partial charge on any atom is 0.229 e. The Bertz CT molecular complexity index is 518. The fourth-order valence-corrected chi connectivity index (χ4v) is 1.68. The van der Waals surface area contributed by atoms with Crippen molar-refractivity contribution < 1.29 is 9.26 Å². The van der Waals surface area contributed by atoms with Crippen LogP contribution in [-0.2, 0) is 6.61 Å². The third-order valence-corrected chi connectivity index (χ3v) is 2.77. The summed E-state index contributed by atoms with van der Waals surface area (Å²) in [6, 6.07) is 7.92. The van der Waals surface area contributed by atoms with Crippen LogP contribution in [0, 0.1) is 6.92 Å². The zero-order chi connectivity index (χ0) is 11.7. The maximum absolute atomic E-state index is 5.60. The second-order valence-corrected chi connectivity index (χ2v) is 4.43. The molecule has 17 heavy (non-hydrogen) atoms. The summed E-state index contributed by atoms with van der Waals surface area (Å²) in [5.74, 6) is 2.71. The molecule has 1 aromatic carbocycles. The van der Waals surface area contributed by atoms with Crippen LogP contribution in [0.5, 0.6) is 5.75 Å². The van der Waals surface area contributed by atoms with Gasteiger partial charge >= 0.3 is 0 Å². The van der Waals surface area contributed by atoms with Crippen molar-refractivity contribution >= 4 is 0 Å². The van der Waals surface area contributed by atoms with E-state index in [0.717, 1.165) is 11.6 Å². The van der Waals surface area contributed by atoms with E-state index in [1.54, 1.807) is 0 Å². The van der Waals surface area contributed by atoms with Crippen molar-refractivity contribution in [1.29, 1.82) is 0 Å². The van der Waals surface area contributed by atoms with Crippen molar-refractivity contribution in [2.75, 3.05) is 0 Å². The third-order valence-electron chi connectivity index (χ3n) is 2.77. The Kier molecular flexibility index (Phi) is 2.55. The van der Waals surface area contributed by atoms with Gasteiger partial charge in [0.1, 0.15) is 5.75 Å². The Morgan fingerprint density at radius 3 is 3.06 bits per heavy atom. The average Bonchev–Trinajstić information content (AvgIpc) is 3.07. The summed E-state index contributed by atoms with van der Waals surface area (Å²) in [6.07, 6.45) is 2.33. The summed E-state index contributed by atoms with van der Waals surface area (Å²) >= 11 is 0. The fourth-order valence-electron chi connectivity index (χ4n) is 1.68. The van der Waals surface area contributed by atoms with Gasteiger partial charge in [-0.2, -0.15) is 4.98 Å². The van der Waals surface area contributed by atoms with Gasteiger partial charge in [0.2, 0.25) is 11.7 Å². The summed E-state index contributed by atoms with van der Waals surface area (Å²) in [5.41, 5.74) is 1.18. The highest BCUT2D eigenvalue weighted by Gasteiger charge is 2.29. The second kappa shape index (κ2) is 4.20. The number of aryl methyl sites for hydroxylation is 1. The van der Waals surface area contributed by atoms with Gasteiger partial charge in [0.15, 0.2) is 6.61 Å². The molecule has 4 nitrogen and oxygen atoms in total. The van der Waals surface area contributed by atoms with Crippen LogP contribution in [0.3, 0.4) is 0 Å². The predicted molar refractivity (Wildman–Crippen MR) is 61.8 cm³/mol. The monoisotopic (exact) mass is 230 g/mol. The Labute approximate surface area is 99.6 Å². The molecule has 1 aromatic heterocycles. The summed E-state index contributed by atoms with van der Waals surface area (Å²) in [4.78, 5) is 4.31. The topological polar surface area (TPSA) is 48.2 Å². The van der Waals surface area contributed by atoms with E-state index in [1.165, 1.54) is 18.4 Å². The molecule has 0 bridgehead atoms. The first-order valence-electron chi connectivity index (χ1n) is 5.83. The fraction of sp³-hybridized carbons (Fsp3) is 0.385. The first kappa shape index (κ1) is 10.3. The standard InChI is InChI=1S/C13H14N2O2/c1-9-3-2-4-11(7-9)16-8-12-14-13(17-15-12)10-5-6-10/h2-4,7,10H,5-6,8H2,1H3. The van der Waals surface area contributed by atoms with E-state index in [1.807, 2.05) is 31.2 Å². The third kappa shape index (κ3) is 2.46.